The summed E-state index contributed by atoms with van der Waals surface area (Å²) in [5.41, 5.74) is 2.74. The maximum absolute atomic E-state index is 12.2. The van der Waals surface area contributed by atoms with E-state index >= 15 is 0 Å². The Labute approximate surface area is 198 Å². The highest BCUT2D eigenvalue weighted by Crippen LogP contribution is 2.32. The summed E-state index contributed by atoms with van der Waals surface area (Å²) in [6, 6.07) is 6.47. The number of anilines is 3. The molecule has 0 radical (unpaired) electrons. The molecular weight excluding hydrogens is 460 g/mol. The van der Waals surface area contributed by atoms with Crippen molar-refractivity contribution in [2.75, 3.05) is 30.6 Å². The second-order valence-corrected chi connectivity index (χ2v) is 9.83. The number of aryl methyl sites for hydroxylation is 2. The van der Waals surface area contributed by atoms with Crippen molar-refractivity contribution in [2.45, 2.75) is 31.9 Å². The number of sulfone groups is 1. The van der Waals surface area contributed by atoms with E-state index in [1.54, 1.807) is 30.1 Å². The molecule has 3 rings (SSSR count). The van der Waals surface area contributed by atoms with Gasteiger partial charge in [0.05, 0.1) is 17.5 Å². The quantitative estimate of drug-likeness (QED) is 0.465. The Bertz CT molecular complexity index is 1290. The predicted octanol–water partition coefficient (Wildman–Crippen LogP) is 2.70. The fourth-order valence-corrected chi connectivity index (χ4v) is 3.54. The molecule has 0 aliphatic rings. The SMILES string of the molecule is COC(C)COc1cc(Nc2cc(NC(C)=O)ncc2-c2cc(C)n(C)n2)nc(S(C)(=O)=O)c1. The molecule has 0 saturated carbocycles. The molecule has 0 aliphatic carbocycles. The third-order valence-electron chi connectivity index (χ3n) is 4.90. The first kappa shape index (κ1) is 25.1. The van der Waals surface area contributed by atoms with Crippen LogP contribution < -0.4 is 15.4 Å². The molecular formula is C22H28N6O5S. The number of nitrogens with one attached hydrogen (secondary N) is 2. The lowest BCUT2D eigenvalue weighted by Gasteiger charge is -2.15. The number of hydrogen-bond donors (Lipinski definition) is 2. The topological polar surface area (TPSA) is 137 Å². The highest BCUT2D eigenvalue weighted by atomic mass is 32.2. The van der Waals surface area contributed by atoms with Crippen molar-refractivity contribution in [2.24, 2.45) is 7.05 Å². The lowest BCUT2D eigenvalue weighted by Crippen LogP contribution is -2.16. The van der Waals surface area contributed by atoms with Crippen molar-refractivity contribution >= 4 is 33.1 Å². The van der Waals surface area contributed by atoms with E-state index in [0.29, 0.717) is 28.5 Å². The number of methoxy groups -OCH3 is 1. The summed E-state index contributed by atoms with van der Waals surface area (Å²) in [6.07, 6.45) is 2.46. The fraction of sp³-hybridized carbons (Fsp3) is 0.364. The molecule has 3 heterocycles. The van der Waals surface area contributed by atoms with Crippen LogP contribution in [0.2, 0.25) is 0 Å². The highest BCUT2D eigenvalue weighted by molar-refractivity contribution is 7.90. The van der Waals surface area contributed by atoms with Crippen LogP contribution in [0.3, 0.4) is 0 Å². The Balaban J connectivity index is 2.07. The van der Waals surface area contributed by atoms with Gasteiger partial charge in [0, 0.05) is 63.0 Å². The summed E-state index contributed by atoms with van der Waals surface area (Å²) in [5, 5.41) is 10.1. The average molecular weight is 489 g/mol. The molecule has 0 spiro atoms. The summed E-state index contributed by atoms with van der Waals surface area (Å²) in [4.78, 5) is 20.1. The minimum Gasteiger partial charge on any atom is -0.491 e. The van der Waals surface area contributed by atoms with Gasteiger partial charge in [-0.2, -0.15) is 5.10 Å². The number of ether oxygens (including phenoxy) is 2. The second kappa shape index (κ2) is 10.2. The van der Waals surface area contributed by atoms with Gasteiger partial charge in [-0.15, -0.1) is 0 Å². The minimum absolute atomic E-state index is 0.149. The van der Waals surface area contributed by atoms with Crippen LogP contribution in [0.5, 0.6) is 5.75 Å². The largest absolute Gasteiger partial charge is 0.491 e. The smallest absolute Gasteiger partial charge is 0.222 e. The zero-order chi connectivity index (χ0) is 25.0. The molecule has 0 saturated heterocycles. The van der Waals surface area contributed by atoms with Gasteiger partial charge in [-0.05, 0) is 19.9 Å². The van der Waals surface area contributed by atoms with Gasteiger partial charge in [0.15, 0.2) is 14.9 Å². The molecule has 1 atom stereocenters. The van der Waals surface area contributed by atoms with Gasteiger partial charge >= 0.3 is 0 Å². The maximum Gasteiger partial charge on any atom is 0.222 e. The number of carbonyl (C=O) groups excluding carboxylic acids is 1. The maximum atomic E-state index is 12.2. The standard InChI is InChI=1S/C22H28N6O5S/c1-13-7-19(27-28(13)4)17-11-23-20(24-15(3)29)10-18(17)25-21-8-16(33-12-14(2)32-5)9-22(26-21)34(6,30)31/h7-11,14H,12H2,1-6H3,(H2,23,24,25,26,29). The fourth-order valence-electron chi connectivity index (χ4n) is 2.94. The lowest BCUT2D eigenvalue weighted by molar-refractivity contribution is -0.114. The van der Waals surface area contributed by atoms with Crippen LogP contribution in [-0.2, 0) is 26.4 Å². The van der Waals surface area contributed by atoms with Crippen LogP contribution in [-0.4, -0.2) is 60.1 Å². The van der Waals surface area contributed by atoms with Crippen LogP contribution in [0.15, 0.2) is 35.5 Å². The van der Waals surface area contributed by atoms with Gasteiger partial charge in [-0.3, -0.25) is 9.48 Å². The Morgan fingerprint density at radius 1 is 1.21 bits per heavy atom. The predicted molar refractivity (Wildman–Crippen MR) is 128 cm³/mol. The number of nitrogens with zero attached hydrogens (tertiary/aromatic N) is 4. The zero-order valence-electron chi connectivity index (χ0n) is 19.9. The third-order valence-corrected chi connectivity index (χ3v) is 5.87. The van der Waals surface area contributed by atoms with E-state index in [9.17, 15) is 13.2 Å². The zero-order valence-corrected chi connectivity index (χ0v) is 20.7. The van der Waals surface area contributed by atoms with Crippen LogP contribution >= 0.6 is 0 Å². The highest BCUT2D eigenvalue weighted by Gasteiger charge is 2.17. The van der Waals surface area contributed by atoms with Crippen LogP contribution in [0.1, 0.15) is 19.5 Å². The van der Waals surface area contributed by atoms with E-state index in [4.69, 9.17) is 9.47 Å². The first-order valence-electron chi connectivity index (χ1n) is 10.4. The van der Waals surface area contributed by atoms with Gasteiger partial charge in [-0.25, -0.2) is 18.4 Å². The van der Waals surface area contributed by atoms with Crippen molar-refractivity contribution < 1.29 is 22.7 Å². The van der Waals surface area contributed by atoms with E-state index < -0.39 is 9.84 Å². The lowest BCUT2D eigenvalue weighted by atomic mass is 10.1. The molecule has 1 amide bonds. The number of aromatic nitrogens is 4. The van der Waals surface area contributed by atoms with Gasteiger partial charge in [0.2, 0.25) is 5.91 Å². The molecule has 11 nitrogen and oxygen atoms in total. The molecule has 34 heavy (non-hydrogen) atoms. The van der Waals surface area contributed by atoms with Crippen LogP contribution in [0, 0.1) is 6.92 Å². The summed E-state index contributed by atoms with van der Waals surface area (Å²) in [7, 11) is -0.232. The van der Waals surface area contributed by atoms with Gasteiger partial charge in [0.25, 0.3) is 0 Å². The normalized spacial score (nSPS) is 12.3. The van der Waals surface area contributed by atoms with Crippen molar-refractivity contribution in [3.05, 3.63) is 36.2 Å². The van der Waals surface area contributed by atoms with E-state index in [2.05, 4.69) is 25.7 Å². The Morgan fingerprint density at radius 3 is 2.53 bits per heavy atom. The molecule has 1 unspecified atom stereocenters. The molecule has 0 aliphatic heterocycles. The van der Waals surface area contributed by atoms with E-state index in [-0.39, 0.29) is 29.5 Å². The third kappa shape index (κ3) is 6.29. The number of rotatable bonds is 9. The summed E-state index contributed by atoms with van der Waals surface area (Å²) < 4.78 is 37.1. The van der Waals surface area contributed by atoms with Crippen molar-refractivity contribution in [1.82, 2.24) is 19.7 Å². The van der Waals surface area contributed by atoms with Crippen LogP contribution in [0.4, 0.5) is 17.3 Å². The summed E-state index contributed by atoms with van der Waals surface area (Å²) in [5.74, 6) is 0.584. The first-order valence-corrected chi connectivity index (χ1v) is 12.3. The summed E-state index contributed by atoms with van der Waals surface area (Å²) in [6.45, 7) is 5.36. The molecule has 0 fully saturated rings. The Kier molecular flexibility index (Phi) is 7.52. The van der Waals surface area contributed by atoms with E-state index in [0.717, 1.165) is 11.9 Å². The molecule has 0 bridgehead atoms. The van der Waals surface area contributed by atoms with Crippen molar-refractivity contribution in [3.8, 4) is 17.0 Å². The number of carbonyl (C=O) groups is 1. The van der Waals surface area contributed by atoms with E-state index in [1.165, 1.54) is 13.0 Å². The molecule has 12 heteroatoms. The second-order valence-electron chi connectivity index (χ2n) is 7.87. The molecule has 3 aromatic heterocycles. The Morgan fingerprint density at radius 2 is 1.94 bits per heavy atom. The van der Waals surface area contributed by atoms with Gasteiger partial charge in [-0.1, -0.05) is 0 Å². The summed E-state index contributed by atoms with van der Waals surface area (Å²) >= 11 is 0. The minimum atomic E-state index is -3.62. The van der Waals surface area contributed by atoms with Gasteiger partial charge < -0.3 is 20.1 Å². The Hall–Kier alpha value is -3.51. The molecule has 182 valence electrons. The first-order chi connectivity index (χ1) is 16.0. The van der Waals surface area contributed by atoms with Gasteiger partial charge in [0.1, 0.15) is 24.0 Å². The monoisotopic (exact) mass is 488 g/mol. The average Bonchev–Trinajstić information content (AvgIpc) is 3.09. The van der Waals surface area contributed by atoms with Crippen molar-refractivity contribution in [3.63, 3.8) is 0 Å². The molecule has 2 N–H and O–H groups in total. The molecule has 3 aromatic rings. The number of hydrogen-bond acceptors (Lipinski definition) is 9. The van der Waals surface area contributed by atoms with Crippen molar-refractivity contribution in [1.29, 1.82) is 0 Å². The van der Waals surface area contributed by atoms with Crippen LogP contribution in [0.25, 0.3) is 11.3 Å². The number of amides is 1. The van der Waals surface area contributed by atoms with E-state index in [1.807, 2.05) is 27.0 Å². The number of pyridine rings is 2. The molecule has 0 aromatic carbocycles.